The normalized spacial score (nSPS) is 14.1. The number of methoxy groups -OCH3 is 1. The summed E-state index contributed by atoms with van der Waals surface area (Å²) in [6, 6.07) is 13.7. The number of hydrogen-bond donors (Lipinski definition) is 2. The molecule has 3 heterocycles. The Kier molecular flexibility index (Phi) is 7.47. The molecule has 2 aromatic heterocycles. The number of piperidine rings is 1. The fourth-order valence-electron chi connectivity index (χ4n) is 4.52. The van der Waals surface area contributed by atoms with Gasteiger partial charge in [-0.2, -0.15) is 10.1 Å². The number of nitrogens with one attached hydrogen (secondary N) is 2. The number of hydrogen-bond acceptors (Lipinski definition) is 8. The molecule has 2 N–H and O–H groups in total. The Bertz CT molecular complexity index is 1300. The van der Waals surface area contributed by atoms with Gasteiger partial charge in [-0.1, -0.05) is 6.42 Å². The largest absolute Gasteiger partial charge is 0.493 e. The highest BCUT2D eigenvalue weighted by Gasteiger charge is 2.11. The second-order valence-electron chi connectivity index (χ2n) is 9.03. The average molecular weight is 488 g/mol. The van der Waals surface area contributed by atoms with Crippen LogP contribution in [0.5, 0.6) is 11.5 Å². The van der Waals surface area contributed by atoms with E-state index in [2.05, 4.69) is 30.6 Å². The van der Waals surface area contributed by atoms with Crippen molar-refractivity contribution in [2.24, 2.45) is 7.05 Å². The van der Waals surface area contributed by atoms with Crippen LogP contribution in [0.2, 0.25) is 0 Å². The highest BCUT2D eigenvalue weighted by atomic mass is 16.5. The number of fused-ring (bicyclic) bond motifs is 1. The third kappa shape index (κ3) is 5.85. The Labute approximate surface area is 211 Å². The van der Waals surface area contributed by atoms with Gasteiger partial charge in [0.1, 0.15) is 5.82 Å². The van der Waals surface area contributed by atoms with E-state index in [-0.39, 0.29) is 0 Å². The van der Waals surface area contributed by atoms with Gasteiger partial charge in [-0.3, -0.25) is 4.68 Å². The van der Waals surface area contributed by atoms with E-state index < -0.39 is 0 Å². The van der Waals surface area contributed by atoms with Crippen molar-refractivity contribution in [3.05, 3.63) is 54.9 Å². The molecule has 4 aromatic rings. The van der Waals surface area contributed by atoms with Gasteiger partial charge in [-0.15, -0.1) is 0 Å². The first-order valence-corrected chi connectivity index (χ1v) is 12.5. The van der Waals surface area contributed by atoms with Gasteiger partial charge >= 0.3 is 0 Å². The first-order valence-electron chi connectivity index (χ1n) is 12.5. The van der Waals surface area contributed by atoms with E-state index in [0.717, 1.165) is 41.0 Å². The van der Waals surface area contributed by atoms with Crippen LogP contribution in [0, 0.1) is 0 Å². The molecular formula is C27H33N7O2. The van der Waals surface area contributed by atoms with Crippen molar-refractivity contribution in [2.75, 3.05) is 44.0 Å². The number of rotatable bonds is 10. The SMILES string of the molecule is COc1cc(Nc2nccc(Nc3ccc4c(cnn4C)c3)n2)ccc1OCCCN1CCCCC1. The maximum atomic E-state index is 6.02. The van der Waals surface area contributed by atoms with Crippen molar-refractivity contribution in [1.82, 2.24) is 24.6 Å². The summed E-state index contributed by atoms with van der Waals surface area (Å²) < 4.78 is 13.4. The molecule has 0 bridgehead atoms. The van der Waals surface area contributed by atoms with E-state index in [4.69, 9.17) is 9.47 Å². The van der Waals surface area contributed by atoms with Crippen molar-refractivity contribution < 1.29 is 9.47 Å². The Hall–Kier alpha value is -3.85. The molecule has 0 aliphatic carbocycles. The third-order valence-corrected chi connectivity index (χ3v) is 6.42. The molecule has 2 aromatic carbocycles. The zero-order chi connectivity index (χ0) is 24.7. The van der Waals surface area contributed by atoms with E-state index in [0.29, 0.717) is 24.1 Å². The predicted octanol–water partition coefficient (Wildman–Crippen LogP) is 5.11. The molecule has 9 nitrogen and oxygen atoms in total. The number of anilines is 4. The lowest BCUT2D eigenvalue weighted by Crippen LogP contribution is -2.31. The van der Waals surface area contributed by atoms with Crippen molar-refractivity contribution >= 4 is 34.0 Å². The summed E-state index contributed by atoms with van der Waals surface area (Å²) in [5.41, 5.74) is 2.83. The lowest BCUT2D eigenvalue weighted by atomic mass is 10.1. The molecule has 0 unspecified atom stereocenters. The first kappa shape index (κ1) is 23.9. The predicted molar refractivity (Wildman–Crippen MR) is 143 cm³/mol. The fourth-order valence-corrected chi connectivity index (χ4v) is 4.52. The molecule has 1 fully saturated rings. The minimum atomic E-state index is 0.486. The van der Waals surface area contributed by atoms with Crippen molar-refractivity contribution in [3.63, 3.8) is 0 Å². The van der Waals surface area contributed by atoms with Crippen LogP contribution in [0.15, 0.2) is 54.9 Å². The zero-order valence-corrected chi connectivity index (χ0v) is 20.9. The lowest BCUT2D eigenvalue weighted by Gasteiger charge is -2.26. The van der Waals surface area contributed by atoms with Gasteiger partial charge in [0.15, 0.2) is 11.5 Å². The van der Waals surface area contributed by atoms with Gasteiger partial charge in [0, 0.05) is 42.6 Å². The molecule has 1 aliphatic rings. The quantitative estimate of drug-likeness (QED) is 0.298. The Morgan fingerprint density at radius 2 is 1.78 bits per heavy atom. The second-order valence-corrected chi connectivity index (χ2v) is 9.03. The molecule has 5 rings (SSSR count). The van der Waals surface area contributed by atoms with Gasteiger partial charge in [-0.05, 0) is 68.8 Å². The van der Waals surface area contributed by atoms with Crippen LogP contribution in [0.25, 0.3) is 10.9 Å². The number of benzene rings is 2. The van der Waals surface area contributed by atoms with Gasteiger partial charge < -0.3 is 25.0 Å². The third-order valence-electron chi connectivity index (χ3n) is 6.42. The Morgan fingerprint density at radius 1 is 0.944 bits per heavy atom. The zero-order valence-electron chi connectivity index (χ0n) is 20.9. The smallest absolute Gasteiger partial charge is 0.229 e. The summed E-state index contributed by atoms with van der Waals surface area (Å²) in [5, 5.41) is 12.0. The van der Waals surface area contributed by atoms with Crippen LogP contribution in [-0.2, 0) is 7.05 Å². The number of nitrogens with zero attached hydrogens (tertiary/aromatic N) is 5. The van der Waals surface area contributed by atoms with Crippen molar-refractivity contribution in [1.29, 1.82) is 0 Å². The number of aromatic nitrogens is 4. The van der Waals surface area contributed by atoms with E-state index in [9.17, 15) is 0 Å². The van der Waals surface area contributed by atoms with Crippen LogP contribution < -0.4 is 20.1 Å². The molecule has 0 saturated carbocycles. The monoisotopic (exact) mass is 487 g/mol. The summed E-state index contributed by atoms with van der Waals surface area (Å²) in [5.74, 6) is 2.59. The van der Waals surface area contributed by atoms with Crippen LogP contribution in [0.3, 0.4) is 0 Å². The van der Waals surface area contributed by atoms with Crippen LogP contribution >= 0.6 is 0 Å². The molecule has 0 amide bonds. The van der Waals surface area contributed by atoms with Gasteiger partial charge in [0.25, 0.3) is 0 Å². The number of aryl methyl sites for hydroxylation is 1. The Morgan fingerprint density at radius 3 is 2.64 bits per heavy atom. The highest BCUT2D eigenvalue weighted by Crippen LogP contribution is 2.31. The van der Waals surface area contributed by atoms with Crippen molar-refractivity contribution in [3.8, 4) is 11.5 Å². The number of ether oxygens (including phenoxy) is 2. The van der Waals surface area contributed by atoms with Crippen molar-refractivity contribution in [2.45, 2.75) is 25.7 Å². The molecule has 9 heteroatoms. The first-order chi connectivity index (χ1) is 17.7. The highest BCUT2D eigenvalue weighted by molar-refractivity contribution is 5.83. The molecule has 0 spiro atoms. The maximum absolute atomic E-state index is 6.02. The lowest BCUT2D eigenvalue weighted by molar-refractivity contribution is 0.203. The van der Waals surface area contributed by atoms with E-state index in [1.165, 1.54) is 32.4 Å². The van der Waals surface area contributed by atoms with E-state index >= 15 is 0 Å². The molecule has 1 aliphatic heterocycles. The van der Waals surface area contributed by atoms with Gasteiger partial charge in [0.05, 0.1) is 25.4 Å². The Balaban J connectivity index is 1.19. The van der Waals surface area contributed by atoms with E-state index in [1.807, 2.05) is 60.4 Å². The second kappa shape index (κ2) is 11.3. The minimum Gasteiger partial charge on any atom is -0.493 e. The summed E-state index contributed by atoms with van der Waals surface area (Å²) in [6.45, 7) is 4.17. The number of likely N-dealkylation sites (tertiary alicyclic amines) is 1. The topological polar surface area (TPSA) is 89.4 Å². The van der Waals surface area contributed by atoms with Gasteiger partial charge in [0.2, 0.25) is 5.95 Å². The summed E-state index contributed by atoms with van der Waals surface area (Å²) in [7, 11) is 3.59. The minimum absolute atomic E-state index is 0.486. The van der Waals surface area contributed by atoms with Crippen LogP contribution in [0.1, 0.15) is 25.7 Å². The molecule has 36 heavy (non-hydrogen) atoms. The summed E-state index contributed by atoms with van der Waals surface area (Å²) >= 11 is 0. The maximum Gasteiger partial charge on any atom is 0.229 e. The van der Waals surface area contributed by atoms with Crippen LogP contribution in [-0.4, -0.2) is 58.0 Å². The molecule has 0 radical (unpaired) electrons. The summed E-state index contributed by atoms with van der Waals surface area (Å²) in [6.07, 6.45) is 8.56. The molecular weight excluding hydrogens is 454 g/mol. The fraction of sp³-hybridized carbons (Fsp3) is 0.370. The summed E-state index contributed by atoms with van der Waals surface area (Å²) in [4.78, 5) is 11.5. The standard InChI is InChI=1S/C27H33N7O2/c1-33-23-9-7-21(17-20(23)19-29-33)30-26-11-12-28-27(32-26)31-22-8-10-24(25(18-22)35-2)36-16-6-15-34-13-4-3-5-14-34/h7-12,17-19H,3-6,13-16H2,1-2H3,(H2,28,30,31,32). The molecule has 1 saturated heterocycles. The molecule has 0 atom stereocenters. The van der Waals surface area contributed by atoms with E-state index in [1.54, 1.807) is 13.3 Å². The van der Waals surface area contributed by atoms with Crippen LogP contribution in [0.4, 0.5) is 23.1 Å². The molecule has 188 valence electrons. The average Bonchev–Trinajstić information content (AvgIpc) is 3.27. The van der Waals surface area contributed by atoms with Gasteiger partial charge in [-0.25, -0.2) is 4.98 Å².